The number of hydrogen-bond donors (Lipinski definition) is 19. The fourth-order valence-electron chi connectivity index (χ4n) is 17.5. The summed E-state index contributed by atoms with van der Waals surface area (Å²) in [6.45, 7) is 6.78. The van der Waals surface area contributed by atoms with Gasteiger partial charge in [0.25, 0.3) is 0 Å². The van der Waals surface area contributed by atoms with Crippen LogP contribution in [0.3, 0.4) is 0 Å². The summed E-state index contributed by atoms with van der Waals surface area (Å²) in [6, 6.07) is 0.827. The molecule has 31 nitrogen and oxygen atoms in total. The molecule has 0 unspecified atom stereocenters. The summed E-state index contributed by atoms with van der Waals surface area (Å²) in [5.41, 5.74) is 4.27. The summed E-state index contributed by atoms with van der Waals surface area (Å²) in [5.74, 6) is -12.0. The molecule has 1 saturated heterocycles. The van der Waals surface area contributed by atoms with Crippen molar-refractivity contribution in [2.45, 2.75) is 235 Å². The van der Waals surface area contributed by atoms with Gasteiger partial charge in [-0.3, -0.25) is 38.4 Å². The first-order chi connectivity index (χ1) is 55.0. The van der Waals surface area contributed by atoms with Crippen LogP contribution in [0.5, 0.6) is 46.0 Å². The number of aliphatic hydroxyl groups is 6. The number of benzene rings is 5. The summed E-state index contributed by atoms with van der Waals surface area (Å²) < 4.78 is 25.6. The van der Waals surface area contributed by atoms with Crippen molar-refractivity contribution in [1.29, 1.82) is 0 Å². The summed E-state index contributed by atoms with van der Waals surface area (Å²) in [5, 5.41) is 132. The van der Waals surface area contributed by atoms with Crippen LogP contribution in [-0.4, -0.2) is 174 Å². The van der Waals surface area contributed by atoms with Gasteiger partial charge < -0.3 is 118 Å². The first-order valence-corrected chi connectivity index (χ1v) is 40.4. The molecular formula is C83H107ClN10O21. The molecule has 0 spiro atoms. The Labute approximate surface area is 670 Å². The van der Waals surface area contributed by atoms with Crippen LogP contribution in [0, 0.1) is 36.5 Å². The predicted molar refractivity (Wildman–Crippen MR) is 417 cm³/mol. The molecule has 15 bridgehead atoms. The highest BCUT2D eigenvalue weighted by Crippen LogP contribution is 2.55. The Morgan fingerprint density at radius 1 is 0.635 bits per heavy atom. The normalized spacial score (nSPS) is 28.0. The van der Waals surface area contributed by atoms with Gasteiger partial charge in [0.1, 0.15) is 102 Å². The Hall–Kier alpha value is -9.41. The van der Waals surface area contributed by atoms with Crippen LogP contribution in [0.15, 0.2) is 72.8 Å². The van der Waals surface area contributed by atoms with Gasteiger partial charge in [-0.05, 0) is 183 Å². The molecule has 4 aliphatic carbocycles. The van der Waals surface area contributed by atoms with E-state index in [0.717, 1.165) is 88.8 Å². The molecule has 6 heterocycles. The van der Waals surface area contributed by atoms with Crippen LogP contribution in [0.25, 0.3) is 11.1 Å². The summed E-state index contributed by atoms with van der Waals surface area (Å²) >= 11 is 7.19. The number of phenols is 3. The Kier molecular flexibility index (Phi) is 27.5. The second kappa shape index (κ2) is 37.2. The van der Waals surface area contributed by atoms with Crippen LogP contribution >= 0.6 is 11.6 Å². The topological polar surface area (TPSA) is 490 Å². The van der Waals surface area contributed by atoms with Gasteiger partial charge in [-0.1, -0.05) is 108 Å². The van der Waals surface area contributed by atoms with E-state index in [9.17, 15) is 60.3 Å². The molecule has 622 valence electrons. The number of halogens is 1. The summed E-state index contributed by atoms with van der Waals surface area (Å²) in [6.07, 6.45) is 0.746. The van der Waals surface area contributed by atoms with E-state index in [1.807, 2.05) is 13.8 Å². The molecule has 5 fully saturated rings. The lowest BCUT2D eigenvalue weighted by molar-refractivity contribution is -0.277. The first-order valence-electron chi connectivity index (χ1n) is 40.0. The molecule has 0 radical (unpaired) electrons. The van der Waals surface area contributed by atoms with Crippen molar-refractivity contribution >= 4 is 58.9 Å². The predicted octanol–water partition coefficient (Wildman–Crippen LogP) is 5.39. The van der Waals surface area contributed by atoms with Crippen LogP contribution in [0.1, 0.15) is 199 Å². The number of aliphatic hydroxyl groups excluding tert-OH is 6. The maximum absolute atomic E-state index is 16.4. The molecule has 115 heavy (non-hydrogen) atoms. The molecule has 32 heteroatoms. The molecule has 5 aromatic rings. The van der Waals surface area contributed by atoms with Crippen LogP contribution in [0.2, 0.25) is 5.02 Å². The number of primary amides is 1. The van der Waals surface area contributed by atoms with E-state index in [2.05, 4.69) is 54.8 Å². The minimum absolute atomic E-state index is 0.00299. The Morgan fingerprint density at radius 2 is 1.24 bits per heavy atom. The standard InChI is InChI=1S/C83H107ClN10O21/c1-6-7-8-9-10-11-12-13-14-15-22-87-36-50-55(97)34-49-62(71(50)101)48-30-42(16-19-54(48)96)64-78(107)94-68(82(111)92-66(49)80(109)89-63-45-26-40-25-41(28-45)29-46(63)27-40)70(100)44-18-21-57(51(84)31-44)113-59-33-47-32-58(75(59)115-83-74(104)73(103)72(102)60(37-95)114-83)112-56-20-17-43(24-39(56)4)69(99)67(93-76(105)52(86-5)23-38(2)3)81(110)88-53(35-61(85)98)77(106)90-65(47)79(108)91-64/h16-21,24,30-34,38,40-41,45-46,52-53,60,63-70,72-74,83,86-87,95-97,99-104H,6-15,22-23,25-29,35-37H2,1-5H3,(H2,85,98)(H,88,110)(H,89,109)(H,90,106)(H,91,108)(H,92,111)(H,93,105)(H,94,107)/t40?,41?,45?,46?,52-,53+,60-,63?,64-,65-,66+,67-,68+,69-,70-,72-,73+,74-,83+/m1/s1. The quantitative estimate of drug-likeness (QED) is 0.0326. The van der Waals surface area contributed by atoms with Crippen molar-refractivity contribution in [3.05, 3.63) is 117 Å². The third-order valence-electron chi connectivity index (χ3n) is 23.5. The van der Waals surface area contributed by atoms with Crippen LogP contribution in [-0.2, 0) is 49.6 Å². The van der Waals surface area contributed by atoms with Crippen molar-refractivity contribution in [2.24, 2.45) is 35.3 Å². The lowest BCUT2D eigenvalue weighted by atomic mass is 9.54. The van der Waals surface area contributed by atoms with Gasteiger partial charge >= 0.3 is 0 Å². The van der Waals surface area contributed by atoms with Gasteiger partial charge in [-0.25, -0.2) is 0 Å². The average molecular weight is 1620 g/mol. The molecule has 4 saturated carbocycles. The number of ether oxygens (including phenoxy) is 4. The Bertz CT molecular complexity index is 4400. The van der Waals surface area contributed by atoms with Gasteiger partial charge in [0.2, 0.25) is 59.3 Å². The fraction of sp³-hybridized carbons (Fsp3) is 0.542. The largest absolute Gasteiger partial charge is 0.507 e. The number of nitrogens with two attached hydrogens (primary N) is 1. The zero-order valence-electron chi connectivity index (χ0n) is 65.0. The maximum Gasteiger partial charge on any atom is 0.248 e. The number of carbonyl (C=O) groups excluding carboxylic acids is 8. The minimum Gasteiger partial charge on any atom is -0.507 e. The highest BCUT2D eigenvalue weighted by atomic mass is 35.5. The van der Waals surface area contributed by atoms with Crippen molar-refractivity contribution in [2.75, 3.05) is 20.2 Å². The number of fused-ring (bicyclic) bond motifs is 15. The monoisotopic (exact) mass is 1610 g/mol. The number of amides is 8. The van der Waals surface area contributed by atoms with Gasteiger partial charge in [0.05, 0.1) is 29.7 Å². The molecule has 5 aromatic carbocycles. The molecule has 0 aromatic heterocycles. The number of likely N-dealkylation sites (N-methyl/N-ethyl adjacent to an activating group) is 1. The van der Waals surface area contributed by atoms with E-state index >= 15 is 24.0 Å². The molecule has 15 rings (SSSR count). The number of hydrogen-bond acceptors (Lipinski definition) is 23. The van der Waals surface area contributed by atoms with Crippen molar-refractivity contribution in [1.82, 2.24) is 47.9 Å². The third kappa shape index (κ3) is 19.2. The third-order valence-corrected chi connectivity index (χ3v) is 23.8. The molecular weight excluding hydrogens is 1510 g/mol. The molecule has 8 amide bonds. The number of aryl methyl sites for hydroxylation is 1. The SMILES string of the molecule is CCCCCCCCCCCCNCc1c(O)cc2c(c1O)-c1cc(ccc1O)[C@H]1NC(=O)[C@@H]3NC(=O)[C@H](CC(N)=O)NC(=O)[C@H](NC(=O)[C@@H](CC(C)C)NC)[C@H](O)c4ccc(c(C)c4)Oc4cc3cc(c4O[C@@H]3O[C@H](CO)[C@@H](O)[C@H](O)[C@H]3O)Oc3ccc(cc3Cl)[C@@H](O)[C@H](NC1=O)C(=O)N[C@@H]2C(=O)NC1C2CC3CC(C2)CC1C3. The van der Waals surface area contributed by atoms with E-state index in [1.165, 1.54) is 94.3 Å². The fourth-order valence-corrected chi connectivity index (χ4v) is 17.8. The maximum atomic E-state index is 16.4. The van der Waals surface area contributed by atoms with Gasteiger partial charge in [-0.2, -0.15) is 0 Å². The van der Waals surface area contributed by atoms with E-state index in [4.69, 9.17) is 36.3 Å². The van der Waals surface area contributed by atoms with Crippen molar-refractivity contribution in [3.8, 4) is 57.1 Å². The zero-order chi connectivity index (χ0) is 82.4. The molecule has 10 aliphatic rings. The number of rotatable bonds is 25. The number of carbonyl (C=O) groups is 8. The second-order valence-corrected chi connectivity index (χ2v) is 32.7. The Balaban J connectivity index is 1.03. The summed E-state index contributed by atoms with van der Waals surface area (Å²) in [4.78, 5) is 122. The summed E-state index contributed by atoms with van der Waals surface area (Å²) in [7, 11) is 1.51. The number of unbranched alkanes of at least 4 members (excludes halogenated alkanes) is 9. The zero-order valence-corrected chi connectivity index (χ0v) is 65.8. The van der Waals surface area contributed by atoms with Gasteiger partial charge in [-0.15, -0.1) is 0 Å². The lowest BCUT2D eigenvalue weighted by Gasteiger charge is -2.54. The van der Waals surface area contributed by atoms with E-state index in [-0.39, 0.29) is 103 Å². The van der Waals surface area contributed by atoms with Crippen LogP contribution < -0.4 is 67.8 Å². The average Bonchev–Trinajstić information content (AvgIpc) is 0.758. The number of aromatic hydroxyl groups is 3. The highest BCUT2D eigenvalue weighted by molar-refractivity contribution is 6.32. The van der Waals surface area contributed by atoms with Crippen molar-refractivity contribution < 1.29 is 103 Å². The lowest BCUT2D eigenvalue weighted by Crippen LogP contribution is -2.60. The first kappa shape index (κ1) is 85.0. The minimum atomic E-state index is -2.27. The van der Waals surface area contributed by atoms with E-state index in [1.54, 1.807) is 0 Å². The highest BCUT2D eigenvalue weighted by Gasteiger charge is 2.51. The van der Waals surface area contributed by atoms with Crippen LogP contribution in [0.4, 0.5) is 0 Å². The van der Waals surface area contributed by atoms with E-state index < -0.39 is 180 Å². The molecule has 14 atom stereocenters. The smallest absolute Gasteiger partial charge is 0.248 e. The van der Waals surface area contributed by atoms with Gasteiger partial charge in [0.15, 0.2) is 11.5 Å². The van der Waals surface area contributed by atoms with E-state index in [0.29, 0.717) is 18.4 Å². The second-order valence-electron chi connectivity index (χ2n) is 32.3. The van der Waals surface area contributed by atoms with Gasteiger partial charge in [0, 0.05) is 23.7 Å². The van der Waals surface area contributed by atoms with Crippen molar-refractivity contribution in [3.63, 3.8) is 0 Å². The molecule has 20 N–H and O–H groups in total. The number of phenolic OH excluding ortho intramolecular Hbond substituents is 3. The number of nitrogens with one attached hydrogen (secondary N) is 9. The Morgan fingerprint density at radius 3 is 1.87 bits per heavy atom. The molecule has 6 aliphatic heterocycles.